The molecule has 5 nitrogen and oxygen atoms in total. The molecule has 1 aliphatic heterocycles. The number of benzene rings is 2. The summed E-state index contributed by atoms with van der Waals surface area (Å²) in [5, 5.41) is 3.43. The maximum Gasteiger partial charge on any atom is 0.264 e. The molecule has 124 valence electrons. The molecule has 0 radical (unpaired) electrons. The van der Waals surface area contributed by atoms with E-state index in [1.807, 2.05) is 25.1 Å². The Morgan fingerprint density at radius 3 is 2.83 bits per heavy atom. The van der Waals surface area contributed by atoms with Gasteiger partial charge in [-0.1, -0.05) is 23.7 Å². The average molecular weight is 345 g/mol. The maximum atomic E-state index is 12.2. The van der Waals surface area contributed by atoms with Crippen LogP contribution in [0.25, 0.3) is 0 Å². The molecule has 0 bridgehead atoms. The van der Waals surface area contributed by atoms with E-state index in [4.69, 9.17) is 16.3 Å². The number of anilines is 2. The lowest BCUT2D eigenvalue weighted by atomic mass is 10.1. The number of likely N-dealkylation sites (N-methyl/N-ethyl adjacent to an activating group) is 1. The highest BCUT2D eigenvalue weighted by Crippen LogP contribution is 2.32. The summed E-state index contributed by atoms with van der Waals surface area (Å²) in [7, 11) is 1.70. The fourth-order valence-corrected chi connectivity index (χ4v) is 2.67. The van der Waals surface area contributed by atoms with Gasteiger partial charge in [0.25, 0.3) is 5.91 Å². The van der Waals surface area contributed by atoms with E-state index in [9.17, 15) is 9.59 Å². The molecule has 0 fully saturated rings. The summed E-state index contributed by atoms with van der Waals surface area (Å²) in [4.78, 5) is 25.5. The number of hydrogen-bond acceptors (Lipinski definition) is 3. The molecular formula is C18H17ClN2O3. The first-order chi connectivity index (χ1) is 11.4. The van der Waals surface area contributed by atoms with Crippen LogP contribution in [0.3, 0.4) is 0 Å². The molecule has 1 N–H and O–H groups in total. The fourth-order valence-electron chi connectivity index (χ4n) is 2.49. The first-order valence-electron chi connectivity index (χ1n) is 7.52. The molecule has 0 atom stereocenters. The Balaban J connectivity index is 1.73. The Hall–Kier alpha value is -2.53. The zero-order valence-corrected chi connectivity index (χ0v) is 14.2. The van der Waals surface area contributed by atoms with Crippen molar-refractivity contribution < 1.29 is 14.3 Å². The summed E-state index contributed by atoms with van der Waals surface area (Å²) in [6.07, 6.45) is 0.195. The monoisotopic (exact) mass is 344 g/mol. The van der Waals surface area contributed by atoms with E-state index in [1.165, 1.54) is 0 Å². The minimum atomic E-state index is -0.152. The highest BCUT2D eigenvalue weighted by Gasteiger charge is 2.22. The second kappa shape index (κ2) is 6.53. The van der Waals surface area contributed by atoms with Crippen LogP contribution in [-0.4, -0.2) is 25.5 Å². The van der Waals surface area contributed by atoms with Gasteiger partial charge < -0.3 is 15.0 Å². The van der Waals surface area contributed by atoms with Gasteiger partial charge in [0.2, 0.25) is 5.91 Å². The van der Waals surface area contributed by atoms with Crippen molar-refractivity contribution in [2.24, 2.45) is 0 Å². The average Bonchev–Trinajstić information content (AvgIpc) is 2.55. The van der Waals surface area contributed by atoms with Gasteiger partial charge in [-0.2, -0.15) is 0 Å². The van der Waals surface area contributed by atoms with Crippen molar-refractivity contribution in [2.75, 3.05) is 23.9 Å². The third-order valence-electron chi connectivity index (χ3n) is 3.93. The summed E-state index contributed by atoms with van der Waals surface area (Å²) in [6, 6.07) is 10.8. The van der Waals surface area contributed by atoms with Crippen molar-refractivity contribution in [2.45, 2.75) is 13.3 Å². The Bertz CT molecular complexity index is 820. The van der Waals surface area contributed by atoms with Gasteiger partial charge >= 0.3 is 0 Å². The third-order valence-corrected chi connectivity index (χ3v) is 4.34. The zero-order chi connectivity index (χ0) is 17.3. The lowest BCUT2D eigenvalue weighted by molar-refractivity contribution is -0.121. The Morgan fingerprint density at radius 2 is 2.08 bits per heavy atom. The molecule has 2 aromatic carbocycles. The molecule has 0 spiro atoms. The smallest absolute Gasteiger partial charge is 0.264 e. The summed E-state index contributed by atoms with van der Waals surface area (Å²) in [5.41, 5.74) is 3.09. The number of halogens is 1. The van der Waals surface area contributed by atoms with E-state index in [0.717, 1.165) is 11.1 Å². The number of nitrogens with zero attached hydrogens (tertiary/aromatic N) is 1. The van der Waals surface area contributed by atoms with E-state index in [-0.39, 0.29) is 24.8 Å². The van der Waals surface area contributed by atoms with Crippen LogP contribution in [0.15, 0.2) is 36.4 Å². The molecule has 24 heavy (non-hydrogen) atoms. The normalized spacial score (nSPS) is 13.3. The quantitative estimate of drug-likeness (QED) is 0.930. The molecule has 1 heterocycles. The first-order valence-corrected chi connectivity index (χ1v) is 7.90. The Kier molecular flexibility index (Phi) is 4.44. The standard InChI is InChI=1S/C18H17ClN2O3/c1-11-3-5-13(9-14(11)19)20-17(22)8-12-4-6-16-15(7-12)21(2)18(23)10-24-16/h3-7,9H,8,10H2,1-2H3,(H,20,22). The largest absolute Gasteiger partial charge is 0.482 e. The van der Waals surface area contributed by atoms with Gasteiger partial charge in [0.15, 0.2) is 6.61 Å². The second-order valence-electron chi connectivity index (χ2n) is 5.73. The van der Waals surface area contributed by atoms with Crippen LogP contribution >= 0.6 is 11.6 Å². The number of carbonyl (C=O) groups excluding carboxylic acids is 2. The van der Waals surface area contributed by atoms with Gasteiger partial charge in [0.05, 0.1) is 12.1 Å². The molecular weight excluding hydrogens is 328 g/mol. The Morgan fingerprint density at radius 1 is 1.29 bits per heavy atom. The minimum Gasteiger partial charge on any atom is -0.482 e. The fraction of sp³-hybridized carbons (Fsp3) is 0.222. The topological polar surface area (TPSA) is 58.6 Å². The summed E-state index contributed by atoms with van der Waals surface area (Å²) >= 11 is 6.06. The zero-order valence-electron chi connectivity index (χ0n) is 13.4. The number of carbonyl (C=O) groups is 2. The van der Waals surface area contributed by atoms with Gasteiger partial charge in [-0.3, -0.25) is 9.59 Å². The van der Waals surface area contributed by atoms with Gasteiger partial charge in [-0.05, 0) is 42.3 Å². The summed E-state index contributed by atoms with van der Waals surface area (Å²) < 4.78 is 5.38. The summed E-state index contributed by atoms with van der Waals surface area (Å²) in [6.45, 7) is 1.94. The molecule has 0 aliphatic carbocycles. The molecule has 0 unspecified atom stereocenters. The van der Waals surface area contributed by atoms with Gasteiger partial charge in [0, 0.05) is 17.8 Å². The van der Waals surface area contributed by atoms with E-state index in [2.05, 4.69) is 5.32 Å². The lowest BCUT2D eigenvalue weighted by Gasteiger charge is -2.26. The number of rotatable bonds is 3. The van der Waals surface area contributed by atoms with Crippen LogP contribution in [-0.2, 0) is 16.0 Å². The van der Waals surface area contributed by atoms with Crippen LogP contribution in [0, 0.1) is 6.92 Å². The molecule has 6 heteroatoms. The number of amides is 2. The van der Waals surface area contributed by atoms with E-state index < -0.39 is 0 Å². The van der Waals surface area contributed by atoms with E-state index in [0.29, 0.717) is 22.1 Å². The van der Waals surface area contributed by atoms with Crippen LogP contribution in [0.2, 0.25) is 5.02 Å². The number of hydrogen-bond donors (Lipinski definition) is 1. The molecule has 2 amide bonds. The number of ether oxygens (including phenoxy) is 1. The van der Waals surface area contributed by atoms with Gasteiger partial charge in [-0.15, -0.1) is 0 Å². The van der Waals surface area contributed by atoms with Gasteiger partial charge in [-0.25, -0.2) is 0 Å². The molecule has 0 saturated heterocycles. The van der Waals surface area contributed by atoms with Crippen molar-refractivity contribution in [1.82, 2.24) is 0 Å². The predicted octanol–water partition coefficient (Wildman–Crippen LogP) is 3.18. The first kappa shape index (κ1) is 16.3. The highest BCUT2D eigenvalue weighted by molar-refractivity contribution is 6.31. The van der Waals surface area contributed by atoms with Crippen molar-refractivity contribution in [3.63, 3.8) is 0 Å². The third kappa shape index (κ3) is 3.36. The van der Waals surface area contributed by atoms with Crippen LogP contribution in [0.1, 0.15) is 11.1 Å². The summed E-state index contributed by atoms with van der Waals surface area (Å²) in [5.74, 6) is 0.380. The lowest BCUT2D eigenvalue weighted by Crippen LogP contribution is -2.35. The Labute approximate surface area is 145 Å². The SMILES string of the molecule is Cc1ccc(NC(=O)Cc2ccc3c(c2)N(C)C(=O)CO3)cc1Cl. The van der Waals surface area contributed by atoms with Crippen molar-refractivity contribution in [1.29, 1.82) is 0 Å². The van der Waals surface area contributed by atoms with Crippen LogP contribution in [0.4, 0.5) is 11.4 Å². The van der Waals surface area contributed by atoms with E-state index in [1.54, 1.807) is 30.1 Å². The van der Waals surface area contributed by atoms with Crippen molar-refractivity contribution in [3.8, 4) is 5.75 Å². The molecule has 3 rings (SSSR count). The highest BCUT2D eigenvalue weighted by atomic mass is 35.5. The minimum absolute atomic E-state index is 0.0392. The van der Waals surface area contributed by atoms with Crippen LogP contribution < -0.4 is 15.0 Å². The second-order valence-corrected chi connectivity index (χ2v) is 6.14. The van der Waals surface area contributed by atoms with E-state index >= 15 is 0 Å². The van der Waals surface area contributed by atoms with Crippen molar-refractivity contribution >= 4 is 34.8 Å². The predicted molar refractivity (Wildman–Crippen MR) is 93.9 cm³/mol. The van der Waals surface area contributed by atoms with Crippen LogP contribution in [0.5, 0.6) is 5.75 Å². The van der Waals surface area contributed by atoms with Gasteiger partial charge in [0.1, 0.15) is 5.75 Å². The van der Waals surface area contributed by atoms with Crippen molar-refractivity contribution in [3.05, 3.63) is 52.5 Å². The molecule has 1 aliphatic rings. The number of aryl methyl sites for hydroxylation is 1. The molecule has 0 aromatic heterocycles. The molecule has 2 aromatic rings. The molecule has 0 saturated carbocycles. The number of nitrogens with one attached hydrogen (secondary N) is 1. The number of fused-ring (bicyclic) bond motifs is 1. The maximum absolute atomic E-state index is 12.2.